The van der Waals surface area contributed by atoms with Crippen molar-refractivity contribution in [3.8, 4) is 5.75 Å². The Morgan fingerprint density at radius 1 is 1.12 bits per heavy atom. The second-order valence-electron chi connectivity index (χ2n) is 4.61. The topological polar surface area (TPSA) is 26.3 Å². The molecule has 0 saturated carbocycles. The summed E-state index contributed by atoms with van der Waals surface area (Å²) in [6, 6.07) is 4.09. The number of aryl methyl sites for hydroxylation is 3. The molecule has 2 heteroatoms. The third kappa shape index (κ3) is 3.09. The van der Waals surface area contributed by atoms with E-state index in [1.165, 1.54) is 11.1 Å². The Labute approximate surface area is 97.6 Å². The maximum Gasteiger partial charge on any atom is 0.172 e. The molecule has 88 valence electrons. The van der Waals surface area contributed by atoms with E-state index >= 15 is 0 Å². The molecule has 0 aromatic heterocycles. The molecule has 0 aliphatic heterocycles. The molecule has 16 heavy (non-hydrogen) atoms. The van der Waals surface area contributed by atoms with Crippen LogP contribution in [-0.2, 0) is 4.79 Å². The highest BCUT2D eigenvalue weighted by atomic mass is 16.5. The van der Waals surface area contributed by atoms with Gasteiger partial charge >= 0.3 is 0 Å². The Kier molecular flexibility index (Phi) is 4.11. The zero-order chi connectivity index (χ0) is 12.3. The maximum atomic E-state index is 11.5. The highest BCUT2D eigenvalue weighted by molar-refractivity contribution is 5.81. The summed E-state index contributed by atoms with van der Waals surface area (Å²) in [5, 5.41) is 0. The summed E-state index contributed by atoms with van der Waals surface area (Å²) in [5.41, 5.74) is 3.53. The summed E-state index contributed by atoms with van der Waals surface area (Å²) >= 11 is 0. The van der Waals surface area contributed by atoms with Gasteiger partial charge in [-0.3, -0.25) is 4.79 Å². The first-order valence-electron chi connectivity index (χ1n) is 5.65. The van der Waals surface area contributed by atoms with E-state index < -0.39 is 0 Å². The normalized spacial score (nSPS) is 10.6. The molecule has 0 saturated heterocycles. The minimum Gasteiger partial charge on any atom is -0.486 e. The van der Waals surface area contributed by atoms with Gasteiger partial charge in [0.15, 0.2) is 5.78 Å². The van der Waals surface area contributed by atoms with Crippen molar-refractivity contribution in [3.63, 3.8) is 0 Å². The Hall–Kier alpha value is -1.31. The molecular weight excluding hydrogens is 200 g/mol. The minimum absolute atomic E-state index is 0.0341. The molecule has 0 radical (unpaired) electrons. The SMILES string of the molecule is Cc1cc(C)c(OCC(=O)C(C)C)cc1C. The van der Waals surface area contributed by atoms with E-state index in [0.717, 1.165) is 11.3 Å². The Morgan fingerprint density at radius 2 is 1.69 bits per heavy atom. The van der Waals surface area contributed by atoms with Crippen LogP contribution in [0.25, 0.3) is 0 Å². The molecule has 0 bridgehead atoms. The van der Waals surface area contributed by atoms with Gasteiger partial charge in [-0.2, -0.15) is 0 Å². The van der Waals surface area contributed by atoms with Crippen LogP contribution in [0.4, 0.5) is 0 Å². The average Bonchev–Trinajstić information content (AvgIpc) is 2.20. The van der Waals surface area contributed by atoms with Crippen molar-refractivity contribution in [1.82, 2.24) is 0 Å². The Bertz CT molecular complexity index is 392. The van der Waals surface area contributed by atoms with Gasteiger partial charge in [-0.15, -0.1) is 0 Å². The van der Waals surface area contributed by atoms with Gasteiger partial charge in [-0.05, 0) is 43.5 Å². The predicted molar refractivity (Wildman–Crippen MR) is 66.0 cm³/mol. The van der Waals surface area contributed by atoms with Gasteiger partial charge in [0.1, 0.15) is 12.4 Å². The zero-order valence-electron chi connectivity index (χ0n) is 10.8. The van der Waals surface area contributed by atoms with Crippen LogP contribution in [-0.4, -0.2) is 12.4 Å². The van der Waals surface area contributed by atoms with Crippen LogP contribution in [0, 0.1) is 26.7 Å². The molecule has 0 aliphatic carbocycles. The van der Waals surface area contributed by atoms with Crippen LogP contribution < -0.4 is 4.74 Å². The second-order valence-corrected chi connectivity index (χ2v) is 4.61. The van der Waals surface area contributed by atoms with Gasteiger partial charge < -0.3 is 4.74 Å². The van der Waals surface area contributed by atoms with Gasteiger partial charge in [0.2, 0.25) is 0 Å². The fraction of sp³-hybridized carbons (Fsp3) is 0.500. The molecule has 0 atom stereocenters. The van der Waals surface area contributed by atoms with Crippen molar-refractivity contribution < 1.29 is 9.53 Å². The third-order valence-electron chi connectivity index (χ3n) is 2.81. The first-order valence-corrected chi connectivity index (χ1v) is 5.65. The summed E-state index contributed by atoms with van der Waals surface area (Å²) < 4.78 is 5.55. The molecule has 1 aromatic carbocycles. The molecule has 0 spiro atoms. The summed E-state index contributed by atoms with van der Waals surface area (Å²) in [6.07, 6.45) is 0. The van der Waals surface area contributed by atoms with Crippen LogP contribution in [0.3, 0.4) is 0 Å². The summed E-state index contributed by atoms with van der Waals surface area (Å²) in [4.78, 5) is 11.5. The lowest BCUT2D eigenvalue weighted by molar-refractivity contribution is -0.123. The number of benzene rings is 1. The minimum atomic E-state index is 0.0341. The van der Waals surface area contributed by atoms with Crippen molar-refractivity contribution in [2.75, 3.05) is 6.61 Å². The maximum absolute atomic E-state index is 11.5. The summed E-state index contributed by atoms with van der Waals surface area (Å²) in [7, 11) is 0. The molecule has 0 aliphatic rings. The molecule has 0 N–H and O–H groups in total. The van der Waals surface area contributed by atoms with E-state index in [0.29, 0.717) is 0 Å². The number of hydrogen-bond donors (Lipinski definition) is 0. The highest BCUT2D eigenvalue weighted by Gasteiger charge is 2.09. The quantitative estimate of drug-likeness (QED) is 0.778. The van der Waals surface area contributed by atoms with E-state index in [1.807, 2.05) is 33.8 Å². The molecule has 0 unspecified atom stereocenters. The lowest BCUT2D eigenvalue weighted by atomic mass is 10.1. The van der Waals surface area contributed by atoms with Gasteiger partial charge in [-0.1, -0.05) is 19.9 Å². The lowest BCUT2D eigenvalue weighted by Crippen LogP contribution is -2.17. The van der Waals surface area contributed by atoms with E-state index in [2.05, 4.69) is 13.0 Å². The molecule has 2 nitrogen and oxygen atoms in total. The van der Waals surface area contributed by atoms with Crippen LogP contribution in [0.2, 0.25) is 0 Å². The fourth-order valence-corrected chi connectivity index (χ4v) is 1.41. The monoisotopic (exact) mass is 220 g/mol. The molecular formula is C14H20O2. The number of carbonyl (C=O) groups excluding carboxylic acids is 1. The van der Waals surface area contributed by atoms with Crippen LogP contribution in [0.15, 0.2) is 12.1 Å². The summed E-state index contributed by atoms with van der Waals surface area (Å²) in [5.74, 6) is 0.988. The smallest absolute Gasteiger partial charge is 0.172 e. The van der Waals surface area contributed by atoms with Crippen LogP contribution in [0.5, 0.6) is 5.75 Å². The van der Waals surface area contributed by atoms with Crippen molar-refractivity contribution in [3.05, 3.63) is 28.8 Å². The molecule has 1 aromatic rings. The van der Waals surface area contributed by atoms with Crippen molar-refractivity contribution in [2.45, 2.75) is 34.6 Å². The Balaban J connectivity index is 2.75. The average molecular weight is 220 g/mol. The fourth-order valence-electron chi connectivity index (χ4n) is 1.41. The van der Waals surface area contributed by atoms with E-state index in [4.69, 9.17) is 4.74 Å². The number of Topliss-reactive ketones (excluding diaryl/α,β-unsaturated/α-hetero) is 1. The number of ketones is 1. The van der Waals surface area contributed by atoms with Gasteiger partial charge in [-0.25, -0.2) is 0 Å². The number of ether oxygens (including phenoxy) is 1. The highest BCUT2D eigenvalue weighted by Crippen LogP contribution is 2.22. The lowest BCUT2D eigenvalue weighted by Gasteiger charge is -2.12. The van der Waals surface area contributed by atoms with Crippen LogP contribution >= 0.6 is 0 Å². The number of carbonyl (C=O) groups is 1. The summed E-state index contributed by atoms with van der Waals surface area (Å²) in [6.45, 7) is 10.1. The van der Waals surface area contributed by atoms with E-state index in [-0.39, 0.29) is 18.3 Å². The largest absolute Gasteiger partial charge is 0.486 e. The standard InChI is InChI=1S/C14H20O2/c1-9(2)13(15)8-16-14-7-11(4)10(3)6-12(14)5/h6-7,9H,8H2,1-5H3. The molecule has 0 amide bonds. The first-order chi connectivity index (χ1) is 7.41. The first kappa shape index (κ1) is 12.8. The van der Waals surface area contributed by atoms with E-state index in [9.17, 15) is 4.79 Å². The molecule has 0 fully saturated rings. The number of rotatable bonds is 4. The van der Waals surface area contributed by atoms with Crippen molar-refractivity contribution in [2.24, 2.45) is 5.92 Å². The predicted octanol–water partition coefficient (Wildman–Crippen LogP) is 3.22. The van der Waals surface area contributed by atoms with Crippen LogP contribution in [0.1, 0.15) is 30.5 Å². The van der Waals surface area contributed by atoms with Crippen molar-refractivity contribution in [1.29, 1.82) is 0 Å². The molecule has 1 rings (SSSR count). The number of hydrogen-bond acceptors (Lipinski definition) is 2. The molecule has 0 heterocycles. The third-order valence-corrected chi connectivity index (χ3v) is 2.81. The van der Waals surface area contributed by atoms with Gasteiger partial charge in [0.25, 0.3) is 0 Å². The van der Waals surface area contributed by atoms with Crippen molar-refractivity contribution >= 4 is 5.78 Å². The van der Waals surface area contributed by atoms with Gasteiger partial charge in [0.05, 0.1) is 0 Å². The van der Waals surface area contributed by atoms with Gasteiger partial charge in [0, 0.05) is 5.92 Å². The second kappa shape index (κ2) is 5.15. The Morgan fingerprint density at radius 3 is 2.25 bits per heavy atom. The zero-order valence-corrected chi connectivity index (χ0v) is 10.8. The van der Waals surface area contributed by atoms with E-state index in [1.54, 1.807) is 0 Å².